The monoisotopic (exact) mass is 500 g/mol. The second-order valence-corrected chi connectivity index (χ2v) is 6.95. The maximum atomic E-state index is 6.02. The first-order valence-electron chi connectivity index (χ1n) is 9.57. The molecular weight excluding hydrogens is 467 g/mol. The lowest BCUT2D eigenvalue weighted by Gasteiger charge is -2.16. The van der Waals surface area contributed by atoms with E-state index in [0.29, 0.717) is 25.0 Å². The van der Waals surface area contributed by atoms with Crippen molar-refractivity contribution in [1.82, 2.24) is 25.4 Å². The summed E-state index contributed by atoms with van der Waals surface area (Å²) < 4.78 is 8.02. The molecule has 2 N–H and O–H groups in total. The average Bonchev–Trinajstić information content (AvgIpc) is 3.10. The molecule has 0 saturated carbocycles. The van der Waals surface area contributed by atoms with Gasteiger partial charge in [0.05, 0.1) is 13.2 Å². The van der Waals surface area contributed by atoms with Crippen LogP contribution in [0.3, 0.4) is 0 Å². The number of aliphatic imine (C=N–C) groups is 1. The highest BCUT2D eigenvalue weighted by molar-refractivity contribution is 14.0. The van der Waals surface area contributed by atoms with Crippen LogP contribution in [0, 0.1) is 12.8 Å². The molecule has 0 saturated heterocycles. The number of guanidine groups is 1. The Morgan fingerprint density at radius 1 is 1.25 bits per heavy atom. The maximum Gasteiger partial charge on any atom is 0.191 e. The smallest absolute Gasteiger partial charge is 0.191 e. The van der Waals surface area contributed by atoms with Crippen molar-refractivity contribution in [3.05, 3.63) is 41.5 Å². The fraction of sp³-hybridized carbons (Fsp3) is 0.550. The molecular formula is C20H33IN6O. The highest BCUT2D eigenvalue weighted by Crippen LogP contribution is 2.21. The number of nitrogens with one attached hydrogen (secondary N) is 2. The van der Waals surface area contributed by atoms with Crippen molar-refractivity contribution in [3.63, 3.8) is 0 Å². The van der Waals surface area contributed by atoms with Gasteiger partial charge in [-0.3, -0.25) is 4.99 Å². The van der Waals surface area contributed by atoms with Gasteiger partial charge < -0.3 is 19.9 Å². The topological polar surface area (TPSA) is 76.4 Å². The minimum atomic E-state index is 0. The molecule has 156 valence electrons. The van der Waals surface area contributed by atoms with Crippen LogP contribution >= 0.6 is 24.0 Å². The Balaban J connectivity index is 0.00000392. The van der Waals surface area contributed by atoms with Gasteiger partial charge in [-0.05, 0) is 37.8 Å². The molecule has 0 radical (unpaired) electrons. The molecule has 2 aromatic rings. The fourth-order valence-corrected chi connectivity index (χ4v) is 2.59. The predicted molar refractivity (Wildman–Crippen MR) is 124 cm³/mol. The van der Waals surface area contributed by atoms with Crippen LogP contribution in [0.4, 0.5) is 0 Å². The first kappa shape index (κ1) is 24.2. The van der Waals surface area contributed by atoms with Gasteiger partial charge in [0.25, 0.3) is 0 Å². The van der Waals surface area contributed by atoms with E-state index in [2.05, 4.69) is 71.7 Å². The number of benzene rings is 1. The van der Waals surface area contributed by atoms with Gasteiger partial charge in [0.15, 0.2) is 11.8 Å². The molecule has 0 amide bonds. The van der Waals surface area contributed by atoms with Crippen molar-refractivity contribution in [1.29, 1.82) is 0 Å². The summed E-state index contributed by atoms with van der Waals surface area (Å²) in [7, 11) is 1.76. The highest BCUT2D eigenvalue weighted by Gasteiger charge is 2.08. The van der Waals surface area contributed by atoms with Gasteiger partial charge in [-0.15, -0.1) is 34.2 Å². The Morgan fingerprint density at radius 3 is 2.68 bits per heavy atom. The molecule has 0 aliphatic heterocycles. The normalized spacial score (nSPS) is 11.3. The molecule has 1 heterocycles. The minimum Gasteiger partial charge on any atom is -0.493 e. The Bertz CT molecular complexity index is 744. The third kappa shape index (κ3) is 7.65. The standard InChI is InChI=1S/C20H32N6O.HI/c1-6-26-14-24-25-19(26)13-23-20(21-5)22-12-17-8-7-16(4)11-18(17)27-10-9-15(2)3;/h7-8,11,14-15H,6,9-10,12-13H2,1-5H3,(H2,21,22,23);1H. The summed E-state index contributed by atoms with van der Waals surface area (Å²) >= 11 is 0. The van der Waals surface area contributed by atoms with Gasteiger partial charge >= 0.3 is 0 Å². The first-order chi connectivity index (χ1) is 13.0. The second kappa shape index (κ2) is 12.6. The van der Waals surface area contributed by atoms with Crippen LogP contribution in [-0.4, -0.2) is 34.4 Å². The molecule has 0 bridgehead atoms. The summed E-state index contributed by atoms with van der Waals surface area (Å²) in [5, 5.41) is 14.7. The molecule has 0 spiro atoms. The number of ether oxygens (including phenoxy) is 1. The summed E-state index contributed by atoms with van der Waals surface area (Å²) in [5.74, 6) is 3.16. The van der Waals surface area contributed by atoms with E-state index in [9.17, 15) is 0 Å². The van der Waals surface area contributed by atoms with Crippen LogP contribution in [0.1, 0.15) is 44.1 Å². The van der Waals surface area contributed by atoms with Crippen molar-refractivity contribution < 1.29 is 4.74 Å². The highest BCUT2D eigenvalue weighted by atomic mass is 127. The van der Waals surface area contributed by atoms with E-state index in [4.69, 9.17) is 4.74 Å². The van der Waals surface area contributed by atoms with E-state index in [0.717, 1.165) is 36.7 Å². The van der Waals surface area contributed by atoms with E-state index in [-0.39, 0.29) is 24.0 Å². The van der Waals surface area contributed by atoms with Crippen molar-refractivity contribution in [2.45, 2.75) is 53.8 Å². The minimum absolute atomic E-state index is 0. The largest absolute Gasteiger partial charge is 0.493 e. The zero-order valence-corrected chi connectivity index (χ0v) is 19.9. The van der Waals surface area contributed by atoms with Gasteiger partial charge in [0.1, 0.15) is 12.1 Å². The number of hydrogen-bond donors (Lipinski definition) is 2. The third-order valence-corrected chi connectivity index (χ3v) is 4.30. The summed E-state index contributed by atoms with van der Waals surface area (Å²) in [6.45, 7) is 11.3. The van der Waals surface area contributed by atoms with E-state index in [1.165, 1.54) is 5.56 Å². The molecule has 0 fully saturated rings. The number of aromatic nitrogens is 3. The summed E-state index contributed by atoms with van der Waals surface area (Å²) in [6, 6.07) is 6.30. The summed E-state index contributed by atoms with van der Waals surface area (Å²) in [6.07, 6.45) is 2.78. The average molecular weight is 500 g/mol. The number of hydrogen-bond acceptors (Lipinski definition) is 4. The van der Waals surface area contributed by atoms with Crippen molar-refractivity contribution >= 4 is 29.9 Å². The van der Waals surface area contributed by atoms with Crippen LogP contribution in [0.5, 0.6) is 5.75 Å². The molecule has 0 aliphatic rings. The van der Waals surface area contributed by atoms with Gasteiger partial charge in [0, 0.05) is 25.7 Å². The van der Waals surface area contributed by atoms with Crippen molar-refractivity contribution in [2.75, 3.05) is 13.7 Å². The Morgan fingerprint density at radius 2 is 2.00 bits per heavy atom. The Hall–Kier alpha value is -1.84. The lowest BCUT2D eigenvalue weighted by Crippen LogP contribution is -2.37. The van der Waals surface area contributed by atoms with E-state index >= 15 is 0 Å². The molecule has 1 aromatic carbocycles. The van der Waals surface area contributed by atoms with Crippen LogP contribution in [0.25, 0.3) is 0 Å². The van der Waals surface area contributed by atoms with Crippen LogP contribution < -0.4 is 15.4 Å². The zero-order chi connectivity index (χ0) is 19.6. The fourth-order valence-electron chi connectivity index (χ4n) is 2.59. The van der Waals surface area contributed by atoms with Crippen molar-refractivity contribution in [2.24, 2.45) is 10.9 Å². The predicted octanol–water partition coefficient (Wildman–Crippen LogP) is 3.51. The lowest BCUT2D eigenvalue weighted by atomic mass is 10.1. The molecule has 2 rings (SSSR count). The first-order valence-corrected chi connectivity index (χ1v) is 9.57. The Kier molecular flexibility index (Phi) is 10.9. The SMILES string of the molecule is CCn1cnnc1CNC(=NC)NCc1ccc(C)cc1OCCC(C)C.I. The maximum absolute atomic E-state index is 6.02. The molecule has 8 heteroatoms. The van der Waals surface area contributed by atoms with Crippen LogP contribution in [0.2, 0.25) is 0 Å². The van der Waals surface area contributed by atoms with Gasteiger partial charge in [-0.2, -0.15) is 0 Å². The number of aryl methyl sites for hydroxylation is 2. The summed E-state index contributed by atoms with van der Waals surface area (Å²) in [5.41, 5.74) is 2.31. The van der Waals surface area contributed by atoms with Gasteiger partial charge in [0.2, 0.25) is 0 Å². The third-order valence-electron chi connectivity index (χ3n) is 4.30. The van der Waals surface area contributed by atoms with E-state index in [1.54, 1.807) is 13.4 Å². The quantitative estimate of drug-likeness (QED) is 0.313. The van der Waals surface area contributed by atoms with E-state index in [1.807, 2.05) is 4.57 Å². The van der Waals surface area contributed by atoms with Gasteiger partial charge in [-0.1, -0.05) is 26.0 Å². The Labute approximate surface area is 185 Å². The second-order valence-electron chi connectivity index (χ2n) is 6.95. The molecule has 28 heavy (non-hydrogen) atoms. The zero-order valence-electron chi connectivity index (χ0n) is 17.5. The van der Waals surface area contributed by atoms with Crippen LogP contribution in [-0.2, 0) is 19.6 Å². The van der Waals surface area contributed by atoms with Gasteiger partial charge in [-0.25, -0.2) is 0 Å². The molecule has 0 aliphatic carbocycles. The number of rotatable bonds is 9. The molecule has 7 nitrogen and oxygen atoms in total. The number of nitrogens with zero attached hydrogens (tertiary/aromatic N) is 4. The molecule has 0 atom stereocenters. The molecule has 0 unspecified atom stereocenters. The molecule has 1 aromatic heterocycles. The number of halogens is 1. The lowest BCUT2D eigenvalue weighted by molar-refractivity contribution is 0.286. The van der Waals surface area contributed by atoms with Crippen molar-refractivity contribution in [3.8, 4) is 5.75 Å². The van der Waals surface area contributed by atoms with E-state index < -0.39 is 0 Å². The van der Waals surface area contributed by atoms with Crippen LogP contribution in [0.15, 0.2) is 29.5 Å². The summed E-state index contributed by atoms with van der Waals surface area (Å²) in [4.78, 5) is 4.29.